The highest BCUT2D eigenvalue weighted by Gasteiger charge is 2.26. The lowest BCUT2D eigenvalue weighted by atomic mass is 9.76. The molecule has 3 nitrogen and oxygen atoms in total. The van der Waals surface area contributed by atoms with Crippen LogP contribution in [0.5, 0.6) is 0 Å². The lowest BCUT2D eigenvalue weighted by molar-refractivity contribution is 0.254. The van der Waals surface area contributed by atoms with Crippen LogP contribution in [0.15, 0.2) is 0 Å². The Balaban J connectivity index is 2.13. The maximum Gasteiger partial charge on any atom is 0.134 e. The van der Waals surface area contributed by atoms with E-state index in [1.807, 2.05) is 6.92 Å². The van der Waals surface area contributed by atoms with Crippen LogP contribution in [0.2, 0.25) is 0 Å². The number of aromatic nitrogens is 2. The van der Waals surface area contributed by atoms with Gasteiger partial charge < -0.3 is 5.73 Å². The van der Waals surface area contributed by atoms with E-state index < -0.39 is 0 Å². The third kappa shape index (κ3) is 3.07. The molecule has 1 saturated carbocycles. The van der Waals surface area contributed by atoms with E-state index in [4.69, 9.17) is 10.7 Å². The third-order valence-electron chi connectivity index (χ3n) is 4.72. The molecule has 1 aliphatic rings. The monoisotopic (exact) mass is 261 g/mol. The fourth-order valence-corrected chi connectivity index (χ4v) is 3.17. The summed E-state index contributed by atoms with van der Waals surface area (Å²) in [5.74, 6) is 3.86. The van der Waals surface area contributed by atoms with Gasteiger partial charge in [-0.3, -0.25) is 0 Å². The minimum Gasteiger partial charge on any atom is -0.383 e. The largest absolute Gasteiger partial charge is 0.383 e. The Kier molecular flexibility index (Phi) is 4.43. The number of aryl methyl sites for hydroxylation is 1. The number of nitrogens with zero attached hydrogens (tertiary/aromatic N) is 2. The van der Waals surface area contributed by atoms with Crippen molar-refractivity contribution in [3.63, 3.8) is 0 Å². The molecule has 0 unspecified atom stereocenters. The van der Waals surface area contributed by atoms with Gasteiger partial charge in [0.25, 0.3) is 0 Å². The van der Waals surface area contributed by atoms with Gasteiger partial charge in [-0.05, 0) is 50.9 Å². The lowest BCUT2D eigenvalue weighted by Crippen LogP contribution is -2.20. The summed E-state index contributed by atoms with van der Waals surface area (Å²) in [5.41, 5.74) is 8.20. The molecular formula is C16H27N3. The quantitative estimate of drug-likeness (QED) is 0.899. The average Bonchev–Trinajstić information content (AvgIpc) is 2.41. The van der Waals surface area contributed by atoms with Crippen molar-refractivity contribution >= 4 is 5.82 Å². The maximum absolute atomic E-state index is 6.03. The molecule has 2 N–H and O–H groups in total. The van der Waals surface area contributed by atoms with Crippen LogP contribution >= 0.6 is 0 Å². The molecule has 3 heteroatoms. The summed E-state index contributed by atoms with van der Waals surface area (Å²) in [6, 6.07) is 0. The first-order valence-corrected chi connectivity index (χ1v) is 7.65. The molecule has 0 saturated heterocycles. The summed E-state index contributed by atoms with van der Waals surface area (Å²) < 4.78 is 0. The minimum atomic E-state index is 0.517. The minimum absolute atomic E-state index is 0.517. The van der Waals surface area contributed by atoms with Crippen LogP contribution in [0.3, 0.4) is 0 Å². The second-order valence-electron chi connectivity index (χ2n) is 6.25. The summed E-state index contributed by atoms with van der Waals surface area (Å²) in [7, 11) is 0. The SMILES string of the molecule is CCc1nc(C2CCC(C(C)C)CC2)nc(N)c1C. The van der Waals surface area contributed by atoms with Crippen molar-refractivity contribution in [1.82, 2.24) is 9.97 Å². The van der Waals surface area contributed by atoms with Crippen molar-refractivity contribution < 1.29 is 0 Å². The van der Waals surface area contributed by atoms with E-state index in [0.717, 1.165) is 35.3 Å². The molecule has 1 aromatic heterocycles. The van der Waals surface area contributed by atoms with Gasteiger partial charge in [-0.1, -0.05) is 20.8 Å². The molecule has 1 heterocycles. The third-order valence-corrected chi connectivity index (χ3v) is 4.72. The van der Waals surface area contributed by atoms with Gasteiger partial charge >= 0.3 is 0 Å². The Labute approximate surface area is 117 Å². The van der Waals surface area contributed by atoms with E-state index in [0.29, 0.717) is 11.7 Å². The van der Waals surface area contributed by atoms with E-state index >= 15 is 0 Å². The maximum atomic E-state index is 6.03. The average molecular weight is 261 g/mol. The van der Waals surface area contributed by atoms with Gasteiger partial charge in [0.15, 0.2) is 0 Å². The fourth-order valence-electron chi connectivity index (χ4n) is 3.17. The molecule has 0 bridgehead atoms. The van der Waals surface area contributed by atoms with Gasteiger partial charge in [0.1, 0.15) is 11.6 Å². The van der Waals surface area contributed by atoms with E-state index in [2.05, 4.69) is 25.8 Å². The second-order valence-corrected chi connectivity index (χ2v) is 6.25. The number of nitrogens with two attached hydrogens (primary N) is 1. The molecule has 19 heavy (non-hydrogen) atoms. The van der Waals surface area contributed by atoms with E-state index in [1.54, 1.807) is 0 Å². The van der Waals surface area contributed by atoms with Crippen molar-refractivity contribution in [2.24, 2.45) is 11.8 Å². The standard InChI is InChI=1S/C16H27N3/c1-5-14-11(4)15(17)19-16(18-14)13-8-6-12(7-9-13)10(2)3/h10,12-13H,5-9H2,1-4H3,(H2,17,18,19). The Morgan fingerprint density at radius 1 is 1.16 bits per heavy atom. The molecule has 0 radical (unpaired) electrons. The molecule has 0 atom stereocenters. The van der Waals surface area contributed by atoms with Crippen molar-refractivity contribution in [3.8, 4) is 0 Å². The van der Waals surface area contributed by atoms with Crippen LogP contribution in [0.25, 0.3) is 0 Å². The predicted octanol–water partition coefficient (Wildman–Crippen LogP) is 3.86. The Morgan fingerprint density at radius 3 is 2.32 bits per heavy atom. The molecule has 0 aliphatic heterocycles. The highest BCUT2D eigenvalue weighted by Crippen LogP contribution is 2.37. The first kappa shape index (κ1) is 14.3. The first-order chi connectivity index (χ1) is 9.02. The zero-order valence-electron chi connectivity index (χ0n) is 12.7. The summed E-state index contributed by atoms with van der Waals surface area (Å²) >= 11 is 0. The van der Waals surface area contributed by atoms with Crippen LogP contribution < -0.4 is 5.73 Å². The fraction of sp³-hybridized carbons (Fsp3) is 0.750. The molecule has 0 spiro atoms. The van der Waals surface area contributed by atoms with Crippen molar-refractivity contribution in [3.05, 3.63) is 17.1 Å². The molecule has 1 aliphatic carbocycles. The van der Waals surface area contributed by atoms with Crippen LogP contribution in [-0.2, 0) is 6.42 Å². The van der Waals surface area contributed by atoms with Gasteiger partial charge in [-0.15, -0.1) is 0 Å². The molecule has 106 valence electrons. The van der Waals surface area contributed by atoms with E-state index in [1.165, 1.54) is 25.7 Å². The Hall–Kier alpha value is -1.12. The van der Waals surface area contributed by atoms with Crippen LogP contribution in [0, 0.1) is 18.8 Å². The van der Waals surface area contributed by atoms with Gasteiger partial charge in [0, 0.05) is 17.2 Å². The zero-order valence-corrected chi connectivity index (χ0v) is 12.7. The molecular weight excluding hydrogens is 234 g/mol. The molecule has 0 aromatic carbocycles. The lowest BCUT2D eigenvalue weighted by Gasteiger charge is -2.30. The highest BCUT2D eigenvalue weighted by atomic mass is 15.0. The zero-order chi connectivity index (χ0) is 14.0. The van der Waals surface area contributed by atoms with Gasteiger partial charge in [0.2, 0.25) is 0 Å². The van der Waals surface area contributed by atoms with E-state index in [9.17, 15) is 0 Å². The van der Waals surface area contributed by atoms with E-state index in [-0.39, 0.29) is 0 Å². The molecule has 0 amide bonds. The summed E-state index contributed by atoms with van der Waals surface area (Å²) in [4.78, 5) is 9.30. The number of rotatable bonds is 3. The molecule has 1 fully saturated rings. The van der Waals surface area contributed by atoms with Gasteiger partial charge in [-0.25, -0.2) is 9.97 Å². The summed E-state index contributed by atoms with van der Waals surface area (Å²) in [6.45, 7) is 8.82. The number of nitrogen functional groups attached to an aromatic ring is 1. The smallest absolute Gasteiger partial charge is 0.134 e. The van der Waals surface area contributed by atoms with Crippen LogP contribution in [0.4, 0.5) is 5.82 Å². The molecule has 2 rings (SSSR count). The summed E-state index contributed by atoms with van der Waals surface area (Å²) in [6.07, 6.45) is 5.98. The van der Waals surface area contributed by atoms with Crippen molar-refractivity contribution in [1.29, 1.82) is 0 Å². The van der Waals surface area contributed by atoms with Gasteiger partial charge in [-0.2, -0.15) is 0 Å². The number of hydrogen-bond donors (Lipinski definition) is 1. The Morgan fingerprint density at radius 2 is 1.79 bits per heavy atom. The molecule has 1 aromatic rings. The topological polar surface area (TPSA) is 51.8 Å². The normalized spacial score (nSPS) is 23.8. The van der Waals surface area contributed by atoms with Crippen LogP contribution in [-0.4, -0.2) is 9.97 Å². The number of anilines is 1. The first-order valence-electron chi connectivity index (χ1n) is 7.65. The van der Waals surface area contributed by atoms with Crippen molar-refractivity contribution in [2.45, 2.75) is 65.7 Å². The Bertz CT molecular complexity index is 432. The highest BCUT2D eigenvalue weighted by molar-refractivity contribution is 5.41. The van der Waals surface area contributed by atoms with Crippen molar-refractivity contribution in [2.75, 3.05) is 5.73 Å². The predicted molar refractivity (Wildman–Crippen MR) is 80.1 cm³/mol. The summed E-state index contributed by atoms with van der Waals surface area (Å²) in [5, 5.41) is 0. The van der Waals surface area contributed by atoms with Crippen LogP contribution in [0.1, 0.15) is 69.5 Å². The van der Waals surface area contributed by atoms with Gasteiger partial charge in [0.05, 0.1) is 0 Å². The number of hydrogen-bond acceptors (Lipinski definition) is 3. The second kappa shape index (κ2) is 5.89.